The van der Waals surface area contributed by atoms with Gasteiger partial charge in [-0.05, 0) is 34.1 Å². The van der Waals surface area contributed by atoms with Gasteiger partial charge in [0.15, 0.2) is 5.60 Å². The van der Waals surface area contributed by atoms with Gasteiger partial charge in [0, 0.05) is 0 Å². The summed E-state index contributed by atoms with van der Waals surface area (Å²) in [5.41, 5.74) is -2.77. The summed E-state index contributed by atoms with van der Waals surface area (Å²) >= 11 is 0. The Morgan fingerprint density at radius 3 is 1.62 bits per heavy atom. The molecule has 0 fully saturated rings. The first-order valence-electron chi connectivity index (χ1n) is 7.66. The summed E-state index contributed by atoms with van der Waals surface area (Å²) < 4.78 is 5.58. The predicted molar refractivity (Wildman–Crippen MR) is 82.7 cm³/mol. The van der Waals surface area contributed by atoms with E-state index in [1.54, 1.807) is 13.8 Å². The van der Waals surface area contributed by atoms with Crippen molar-refractivity contribution >= 4 is 0 Å². The second-order valence-electron chi connectivity index (χ2n) is 5.93. The zero-order valence-electron chi connectivity index (χ0n) is 13.9. The molecular weight excluding hydrogens is 272 g/mol. The highest BCUT2D eigenvalue weighted by molar-refractivity contribution is 5.12. The first-order valence-corrected chi connectivity index (χ1v) is 7.66. The quantitative estimate of drug-likeness (QED) is 0.460. The molecule has 0 aliphatic heterocycles. The number of ether oxygens (including phenoxy) is 1. The van der Waals surface area contributed by atoms with E-state index >= 15 is 0 Å². The van der Waals surface area contributed by atoms with Crippen molar-refractivity contribution < 1.29 is 25.2 Å². The Morgan fingerprint density at radius 2 is 1.38 bits per heavy atom. The summed E-state index contributed by atoms with van der Waals surface area (Å²) in [5, 5.41) is 41.5. The normalized spacial score (nSPS) is 23.3. The van der Waals surface area contributed by atoms with Gasteiger partial charge in [0.25, 0.3) is 0 Å². The van der Waals surface area contributed by atoms with E-state index in [9.17, 15) is 20.4 Å². The van der Waals surface area contributed by atoms with E-state index in [1.807, 2.05) is 6.92 Å². The third kappa shape index (κ3) is 3.42. The summed E-state index contributed by atoms with van der Waals surface area (Å²) in [5.74, 6) is 0. The molecule has 21 heavy (non-hydrogen) atoms. The lowest BCUT2D eigenvalue weighted by molar-refractivity contribution is -0.264. The van der Waals surface area contributed by atoms with E-state index in [2.05, 4.69) is 6.58 Å². The summed E-state index contributed by atoms with van der Waals surface area (Å²) in [6, 6.07) is 0. The molecule has 0 saturated carbocycles. The van der Waals surface area contributed by atoms with Crippen molar-refractivity contribution in [3.8, 4) is 0 Å². The molecule has 0 amide bonds. The van der Waals surface area contributed by atoms with Crippen LogP contribution in [-0.4, -0.2) is 50.4 Å². The number of aliphatic hydroxyl groups is 4. The second kappa shape index (κ2) is 8.13. The lowest BCUT2D eigenvalue weighted by Gasteiger charge is -2.56. The topological polar surface area (TPSA) is 90.2 Å². The fourth-order valence-electron chi connectivity index (χ4n) is 3.66. The molecule has 4 atom stereocenters. The molecule has 0 aliphatic rings. The standard InChI is InChI=1S/C16H32O5/c1-7-9-10-15(11(3)17,12(4)18)16(13(5)19,14(6)20)21-8-2/h8,11-14,17-20H,2,7,9-10H2,1,3-6H3. The maximum absolute atomic E-state index is 10.4. The van der Waals surface area contributed by atoms with Gasteiger partial charge in [0.1, 0.15) is 0 Å². The van der Waals surface area contributed by atoms with Crippen LogP contribution in [0.1, 0.15) is 53.9 Å². The van der Waals surface area contributed by atoms with Crippen molar-refractivity contribution in [1.29, 1.82) is 0 Å². The lowest BCUT2D eigenvalue weighted by Crippen LogP contribution is -2.70. The van der Waals surface area contributed by atoms with E-state index in [0.29, 0.717) is 6.42 Å². The van der Waals surface area contributed by atoms with Crippen molar-refractivity contribution in [2.45, 2.75) is 83.9 Å². The van der Waals surface area contributed by atoms with E-state index in [-0.39, 0.29) is 0 Å². The smallest absolute Gasteiger partial charge is 0.169 e. The lowest BCUT2D eigenvalue weighted by atomic mass is 9.58. The van der Waals surface area contributed by atoms with Crippen molar-refractivity contribution in [3.05, 3.63) is 12.8 Å². The van der Waals surface area contributed by atoms with E-state index in [0.717, 1.165) is 19.1 Å². The maximum atomic E-state index is 10.4. The van der Waals surface area contributed by atoms with Gasteiger partial charge in [-0.15, -0.1) is 0 Å². The fourth-order valence-corrected chi connectivity index (χ4v) is 3.66. The molecule has 126 valence electrons. The highest BCUT2D eigenvalue weighted by atomic mass is 16.5. The summed E-state index contributed by atoms with van der Waals surface area (Å²) in [7, 11) is 0. The largest absolute Gasteiger partial charge is 0.489 e. The molecule has 0 aromatic rings. The molecule has 0 saturated heterocycles. The Morgan fingerprint density at radius 1 is 0.952 bits per heavy atom. The van der Waals surface area contributed by atoms with Crippen LogP contribution in [0.25, 0.3) is 0 Å². The average Bonchev–Trinajstić information content (AvgIpc) is 2.36. The van der Waals surface area contributed by atoms with Gasteiger partial charge in [0.05, 0.1) is 36.1 Å². The first kappa shape index (κ1) is 20.4. The Bertz CT molecular complexity index is 294. The van der Waals surface area contributed by atoms with Crippen molar-refractivity contribution in [2.75, 3.05) is 0 Å². The van der Waals surface area contributed by atoms with Crippen LogP contribution in [0.15, 0.2) is 12.8 Å². The van der Waals surface area contributed by atoms with E-state index in [4.69, 9.17) is 4.74 Å². The first-order chi connectivity index (χ1) is 9.64. The van der Waals surface area contributed by atoms with Gasteiger partial charge in [-0.2, -0.15) is 0 Å². The van der Waals surface area contributed by atoms with Gasteiger partial charge in [0.2, 0.25) is 0 Å². The zero-order chi connectivity index (χ0) is 16.8. The molecule has 0 bridgehead atoms. The minimum atomic E-state index is -1.55. The number of rotatable bonds is 10. The Kier molecular flexibility index (Phi) is 7.89. The van der Waals surface area contributed by atoms with Crippen molar-refractivity contribution in [2.24, 2.45) is 5.41 Å². The Labute approximate surface area is 128 Å². The number of aliphatic hydroxyl groups excluding tert-OH is 4. The summed E-state index contributed by atoms with van der Waals surface area (Å²) in [6.45, 7) is 11.6. The van der Waals surface area contributed by atoms with Crippen LogP contribution in [0.4, 0.5) is 0 Å². The molecule has 0 radical (unpaired) electrons. The molecule has 0 aromatic carbocycles. The maximum Gasteiger partial charge on any atom is 0.169 e. The SMILES string of the molecule is C=COC(C(C)O)(C(C)O)C(CCCC)(C(C)O)C(C)O. The third-order valence-electron chi connectivity index (χ3n) is 4.68. The minimum absolute atomic E-state index is 0.405. The Balaban J connectivity index is 6.28. The van der Waals surface area contributed by atoms with Crippen molar-refractivity contribution in [1.82, 2.24) is 0 Å². The fraction of sp³-hybridized carbons (Fsp3) is 0.875. The van der Waals surface area contributed by atoms with Gasteiger partial charge in [-0.1, -0.05) is 26.3 Å². The number of hydrogen-bond acceptors (Lipinski definition) is 5. The van der Waals surface area contributed by atoms with E-state index < -0.39 is 35.4 Å². The average molecular weight is 304 g/mol. The molecule has 0 spiro atoms. The van der Waals surface area contributed by atoms with Gasteiger partial charge >= 0.3 is 0 Å². The van der Waals surface area contributed by atoms with Crippen LogP contribution in [-0.2, 0) is 4.74 Å². The molecule has 5 nitrogen and oxygen atoms in total. The van der Waals surface area contributed by atoms with Crippen LogP contribution in [0.5, 0.6) is 0 Å². The van der Waals surface area contributed by atoms with Gasteiger partial charge in [-0.25, -0.2) is 0 Å². The van der Waals surface area contributed by atoms with Crippen LogP contribution in [0.2, 0.25) is 0 Å². The van der Waals surface area contributed by atoms with Crippen LogP contribution >= 0.6 is 0 Å². The molecule has 0 heterocycles. The van der Waals surface area contributed by atoms with Crippen molar-refractivity contribution in [3.63, 3.8) is 0 Å². The van der Waals surface area contributed by atoms with Gasteiger partial charge < -0.3 is 25.2 Å². The summed E-state index contributed by atoms with van der Waals surface area (Å²) in [6.07, 6.45) is -1.09. The second-order valence-corrected chi connectivity index (χ2v) is 5.93. The van der Waals surface area contributed by atoms with Crippen LogP contribution in [0, 0.1) is 5.41 Å². The molecule has 4 unspecified atom stereocenters. The molecule has 0 aliphatic carbocycles. The highest BCUT2D eigenvalue weighted by Crippen LogP contribution is 2.49. The Hall–Kier alpha value is -0.620. The zero-order valence-corrected chi connectivity index (χ0v) is 13.9. The number of unbranched alkanes of at least 4 members (excludes halogenated alkanes) is 1. The molecule has 4 N–H and O–H groups in total. The highest BCUT2D eigenvalue weighted by Gasteiger charge is 2.63. The van der Waals surface area contributed by atoms with E-state index in [1.165, 1.54) is 13.8 Å². The van der Waals surface area contributed by atoms with Crippen LogP contribution in [0.3, 0.4) is 0 Å². The molecular formula is C16H32O5. The van der Waals surface area contributed by atoms with Crippen LogP contribution < -0.4 is 0 Å². The minimum Gasteiger partial charge on any atom is -0.489 e. The third-order valence-corrected chi connectivity index (χ3v) is 4.68. The van der Waals surface area contributed by atoms with Gasteiger partial charge in [-0.3, -0.25) is 0 Å². The number of hydrogen-bond donors (Lipinski definition) is 4. The molecule has 0 aromatic heterocycles. The predicted octanol–water partition coefficient (Wildman–Crippen LogP) is 1.59. The molecule has 0 rings (SSSR count). The molecule has 5 heteroatoms. The summed E-state index contributed by atoms with van der Waals surface area (Å²) in [4.78, 5) is 0. The monoisotopic (exact) mass is 304 g/mol.